The number of phenols is 1. The fourth-order valence-electron chi connectivity index (χ4n) is 2.57. The molecule has 3 N–H and O–H groups in total. The van der Waals surface area contributed by atoms with E-state index in [0.29, 0.717) is 21.8 Å². The summed E-state index contributed by atoms with van der Waals surface area (Å²) in [6.07, 6.45) is 0.165. The van der Waals surface area contributed by atoms with E-state index in [-0.39, 0.29) is 12.2 Å². The molecule has 6 heteroatoms. The Labute approximate surface area is 138 Å². The molecule has 1 unspecified atom stereocenters. The van der Waals surface area contributed by atoms with Gasteiger partial charge < -0.3 is 10.2 Å². The van der Waals surface area contributed by atoms with Gasteiger partial charge in [-0.05, 0) is 36.4 Å². The molecular weight excluding hydrogens is 316 g/mol. The second-order valence-corrected chi connectivity index (χ2v) is 5.84. The largest absolute Gasteiger partial charge is 0.508 e. The van der Waals surface area contributed by atoms with Crippen LogP contribution in [0, 0.1) is 0 Å². The summed E-state index contributed by atoms with van der Waals surface area (Å²) in [6, 6.07) is 12.4. The summed E-state index contributed by atoms with van der Waals surface area (Å²) < 4.78 is 0. The van der Waals surface area contributed by atoms with Crippen molar-refractivity contribution in [2.75, 3.05) is 0 Å². The third kappa shape index (κ3) is 2.76. The van der Waals surface area contributed by atoms with Gasteiger partial charge in [0.1, 0.15) is 5.75 Å². The van der Waals surface area contributed by atoms with Gasteiger partial charge in [0.2, 0.25) is 0 Å². The van der Waals surface area contributed by atoms with Crippen LogP contribution in [0.4, 0.5) is 0 Å². The lowest BCUT2D eigenvalue weighted by molar-refractivity contribution is -0.0835. The molecule has 2 aromatic rings. The number of hydrazine groups is 1. The summed E-state index contributed by atoms with van der Waals surface area (Å²) in [5.74, 6) is -0.366. The second kappa shape index (κ2) is 5.61. The number of halogens is 1. The molecule has 0 bridgehead atoms. The monoisotopic (exact) mass is 330 g/mol. The maximum Gasteiger partial charge on any atom is 0.275 e. The van der Waals surface area contributed by atoms with Gasteiger partial charge in [-0.3, -0.25) is 10.2 Å². The average molecular weight is 331 g/mol. The third-order valence-corrected chi connectivity index (χ3v) is 3.98. The lowest BCUT2D eigenvalue weighted by atomic mass is 9.98. The number of carbonyl (C=O) groups excluding carboxylic acids is 1. The van der Waals surface area contributed by atoms with Gasteiger partial charge in [-0.15, -0.1) is 0 Å². The summed E-state index contributed by atoms with van der Waals surface area (Å²) in [6.45, 7) is 3.80. The maximum absolute atomic E-state index is 12.7. The Morgan fingerprint density at radius 1 is 1.17 bits per heavy atom. The van der Waals surface area contributed by atoms with Crippen LogP contribution >= 0.6 is 11.6 Å². The third-order valence-electron chi connectivity index (χ3n) is 3.72. The van der Waals surface area contributed by atoms with Crippen molar-refractivity contribution in [1.82, 2.24) is 10.4 Å². The molecule has 1 atom stereocenters. The Morgan fingerprint density at radius 3 is 2.39 bits per heavy atom. The molecule has 1 amide bonds. The first-order valence-electron chi connectivity index (χ1n) is 6.96. The van der Waals surface area contributed by atoms with Crippen molar-refractivity contribution in [3.05, 3.63) is 77.0 Å². The van der Waals surface area contributed by atoms with E-state index in [1.54, 1.807) is 24.3 Å². The van der Waals surface area contributed by atoms with E-state index < -0.39 is 11.6 Å². The number of aliphatic hydroxyl groups is 1. The van der Waals surface area contributed by atoms with Gasteiger partial charge in [0, 0.05) is 28.3 Å². The lowest BCUT2D eigenvalue weighted by Crippen LogP contribution is -2.49. The number of aromatic hydroxyl groups is 1. The standard InChI is InChI=1S/C17H15ClN2O3/c1-11-10-17(23,13-4-6-14(18)7-5-13)20(19-11)16(22)12-2-8-15(21)9-3-12/h2-9,19,21,23H,1,10H2. The Bertz CT molecular complexity index is 758. The van der Waals surface area contributed by atoms with Crippen LogP contribution in [0.25, 0.3) is 0 Å². The SMILES string of the molecule is C=C1CC(O)(c2ccc(Cl)cc2)N(C(=O)c2ccc(O)cc2)N1. The zero-order valence-corrected chi connectivity index (χ0v) is 12.9. The molecule has 1 aliphatic rings. The second-order valence-electron chi connectivity index (χ2n) is 5.40. The van der Waals surface area contributed by atoms with Crippen molar-refractivity contribution < 1.29 is 15.0 Å². The summed E-state index contributed by atoms with van der Waals surface area (Å²) in [7, 11) is 0. The number of nitrogens with one attached hydrogen (secondary N) is 1. The quantitative estimate of drug-likeness (QED) is 0.791. The normalized spacial score (nSPS) is 20.4. The molecule has 0 aromatic heterocycles. The first-order chi connectivity index (χ1) is 10.9. The fourth-order valence-corrected chi connectivity index (χ4v) is 2.69. The Balaban J connectivity index is 1.99. The van der Waals surface area contributed by atoms with Crippen LogP contribution in [0.1, 0.15) is 22.3 Å². The van der Waals surface area contributed by atoms with Crippen LogP contribution in [0.15, 0.2) is 60.8 Å². The minimum absolute atomic E-state index is 0.0632. The highest BCUT2D eigenvalue weighted by Crippen LogP contribution is 2.37. The van der Waals surface area contributed by atoms with Crippen molar-refractivity contribution in [1.29, 1.82) is 0 Å². The van der Waals surface area contributed by atoms with E-state index in [1.807, 2.05) is 0 Å². The lowest BCUT2D eigenvalue weighted by Gasteiger charge is -2.32. The fraction of sp³-hybridized carbons (Fsp3) is 0.118. The smallest absolute Gasteiger partial charge is 0.275 e. The van der Waals surface area contributed by atoms with Gasteiger partial charge in [-0.2, -0.15) is 0 Å². The minimum atomic E-state index is -1.56. The molecule has 2 aromatic carbocycles. The summed E-state index contributed by atoms with van der Waals surface area (Å²) in [5.41, 5.74) is 2.64. The van der Waals surface area contributed by atoms with E-state index >= 15 is 0 Å². The van der Waals surface area contributed by atoms with Crippen molar-refractivity contribution in [3.8, 4) is 5.75 Å². The van der Waals surface area contributed by atoms with Crippen LogP contribution in [0.5, 0.6) is 5.75 Å². The minimum Gasteiger partial charge on any atom is -0.508 e. The van der Waals surface area contributed by atoms with Crippen LogP contribution in [0.2, 0.25) is 5.02 Å². The van der Waals surface area contributed by atoms with E-state index in [4.69, 9.17) is 11.6 Å². The van der Waals surface area contributed by atoms with Crippen molar-refractivity contribution in [2.45, 2.75) is 12.1 Å². The van der Waals surface area contributed by atoms with Crippen molar-refractivity contribution in [2.24, 2.45) is 0 Å². The van der Waals surface area contributed by atoms with Crippen LogP contribution < -0.4 is 5.43 Å². The zero-order chi connectivity index (χ0) is 16.6. The van der Waals surface area contributed by atoms with Crippen molar-refractivity contribution >= 4 is 17.5 Å². The molecule has 0 radical (unpaired) electrons. The van der Waals surface area contributed by atoms with E-state index in [0.717, 1.165) is 5.01 Å². The molecule has 3 rings (SSSR count). The van der Waals surface area contributed by atoms with E-state index in [1.165, 1.54) is 24.3 Å². The molecule has 5 nitrogen and oxygen atoms in total. The van der Waals surface area contributed by atoms with Gasteiger partial charge in [0.15, 0.2) is 5.72 Å². The van der Waals surface area contributed by atoms with Gasteiger partial charge in [-0.25, -0.2) is 5.01 Å². The van der Waals surface area contributed by atoms with E-state index in [9.17, 15) is 15.0 Å². The summed E-state index contributed by atoms with van der Waals surface area (Å²) >= 11 is 5.88. The first kappa shape index (κ1) is 15.4. The molecule has 0 saturated carbocycles. The molecule has 0 aliphatic carbocycles. The van der Waals surface area contributed by atoms with Crippen molar-refractivity contribution in [3.63, 3.8) is 0 Å². The summed E-state index contributed by atoms with van der Waals surface area (Å²) in [4.78, 5) is 12.7. The number of phenolic OH excluding ortho intramolecular Hbond substituents is 1. The first-order valence-corrected chi connectivity index (χ1v) is 7.34. The number of carbonyl (C=O) groups is 1. The highest BCUT2D eigenvalue weighted by Gasteiger charge is 2.46. The number of rotatable bonds is 2. The van der Waals surface area contributed by atoms with Gasteiger partial charge in [0.25, 0.3) is 5.91 Å². The topological polar surface area (TPSA) is 72.8 Å². The number of amides is 1. The number of benzene rings is 2. The number of hydrogen-bond donors (Lipinski definition) is 3. The molecule has 1 heterocycles. The molecular formula is C17H15ClN2O3. The van der Waals surface area contributed by atoms with Crippen LogP contribution in [0.3, 0.4) is 0 Å². The Morgan fingerprint density at radius 2 is 1.78 bits per heavy atom. The Kier molecular flexibility index (Phi) is 3.75. The number of nitrogens with zero attached hydrogens (tertiary/aromatic N) is 1. The Hall–Kier alpha value is -2.50. The van der Waals surface area contributed by atoms with Crippen LogP contribution in [-0.2, 0) is 5.72 Å². The molecule has 1 fully saturated rings. The molecule has 1 saturated heterocycles. The maximum atomic E-state index is 12.7. The number of hydrogen-bond acceptors (Lipinski definition) is 4. The van der Waals surface area contributed by atoms with Crippen LogP contribution in [-0.4, -0.2) is 21.1 Å². The zero-order valence-electron chi connectivity index (χ0n) is 12.2. The van der Waals surface area contributed by atoms with E-state index in [2.05, 4.69) is 12.0 Å². The summed E-state index contributed by atoms with van der Waals surface area (Å²) in [5, 5.41) is 22.1. The molecule has 23 heavy (non-hydrogen) atoms. The predicted octanol–water partition coefficient (Wildman–Crippen LogP) is 2.76. The van der Waals surface area contributed by atoms with Gasteiger partial charge in [0.05, 0.1) is 0 Å². The predicted molar refractivity (Wildman–Crippen MR) is 86.5 cm³/mol. The molecule has 0 spiro atoms. The molecule has 1 aliphatic heterocycles. The highest BCUT2D eigenvalue weighted by atomic mass is 35.5. The molecule has 118 valence electrons. The average Bonchev–Trinajstić information content (AvgIpc) is 2.84. The highest BCUT2D eigenvalue weighted by molar-refractivity contribution is 6.30. The van der Waals surface area contributed by atoms with Gasteiger partial charge >= 0.3 is 0 Å². The van der Waals surface area contributed by atoms with Gasteiger partial charge in [-0.1, -0.05) is 30.3 Å².